The van der Waals surface area contributed by atoms with E-state index in [0.29, 0.717) is 5.56 Å². The third-order valence-corrected chi connectivity index (χ3v) is 5.53. The molecular formula is C21H20N2O9. The largest absolute Gasteiger partial charge is 0.394 e. The van der Waals surface area contributed by atoms with Crippen molar-refractivity contribution < 1.29 is 39.3 Å². The highest BCUT2D eigenvalue weighted by atomic mass is 16.7. The van der Waals surface area contributed by atoms with Crippen molar-refractivity contribution in [3.05, 3.63) is 75.3 Å². The lowest BCUT2D eigenvalue weighted by Gasteiger charge is -2.44. The van der Waals surface area contributed by atoms with E-state index in [-0.39, 0.29) is 23.4 Å². The van der Waals surface area contributed by atoms with Crippen LogP contribution < -0.4 is 0 Å². The van der Waals surface area contributed by atoms with Gasteiger partial charge in [-0.3, -0.25) is 24.6 Å². The number of aliphatic hydroxyl groups is 3. The van der Waals surface area contributed by atoms with Gasteiger partial charge in [-0.25, -0.2) is 0 Å². The SMILES string of the molecule is O=C1c2ccccc2C(=O)N1[C@H]1[C@H](OCc2ccc([N+](=O)[O-])cc2)O[C@H](CO)[C@@H](O)[C@@H]1O. The number of hydrogen-bond donors (Lipinski definition) is 3. The van der Waals surface area contributed by atoms with Crippen molar-refractivity contribution in [3.63, 3.8) is 0 Å². The molecule has 2 amide bonds. The Morgan fingerprint density at radius 2 is 1.59 bits per heavy atom. The predicted octanol–water partition coefficient (Wildman–Crippen LogP) is 0.215. The smallest absolute Gasteiger partial charge is 0.269 e. The first-order valence-corrected chi connectivity index (χ1v) is 9.77. The van der Waals surface area contributed by atoms with Crippen LogP contribution in [0.3, 0.4) is 0 Å². The van der Waals surface area contributed by atoms with Crippen molar-refractivity contribution in [1.82, 2.24) is 4.90 Å². The molecule has 2 aromatic carbocycles. The minimum Gasteiger partial charge on any atom is -0.394 e. The molecule has 3 N–H and O–H groups in total. The van der Waals surface area contributed by atoms with Gasteiger partial charge in [0.05, 0.1) is 29.3 Å². The molecule has 0 radical (unpaired) electrons. The van der Waals surface area contributed by atoms with Crippen LogP contribution in [0.2, 0.25) is 0 Å². The zero-order valence-electron chi connectivity index (χ0n) is 16.6. The summed E-state index contributed by atoms with van der Waals surface area (Å²) in [5, 5.41) is 41.4. The number of benzene rings is 2. The maximum atomic E-state index is 12.9. The van der Waals surface area contributed by atoms with Gasteiger partial charge in [0.15, 0.2) is 6.29 Å². The molecule has 1 saturated heterocycles. The number of fused-ring (bicyclic) bond motifs is 1. The number of nitro groups is 1. The fourth-order valence-electron chi connectivity index (χ4n) is 3.85. The van der Waals surface area contributed by atoms with Gasteiger partial charge in [0, 0.05) is 12.1 Å². The summed E-state index contributed by atoms with van der Waals surface area (Å²) in [4.78, 5) is 36.9. The van der Waals surface area contributed by atoms with E-state index >= 15 is 0 Å². The average molecular weight is 444 g/mol. The third kappa shape index (κ3) is 3.76. The molecule has 0 unspecified atom stereocenters. The summed E-state index contributed by atoms with van der Waals surface area (Å²) in [5.41, 5.74) is 0.724. The van der Waals surface area contributed by atoms with E-state index in [1.165, 1.54) is 36.4 Å². The Labute approximate surface area is 181 Å². The summed E-state index contributed by atoms with van der Waals surface area (Å²) in [5.74, 6) is -1.34. The normalized spacial score (nSPS) is 27.5. The van der Waals surface area contributed by atoms with Crippen LogP contribution >= 0.6 is 0 Å². The minimum absolute atomic E-state index is 0.106. The van der Waals surface area contributed by atoms with Gasteiger partial charge in [0.1, 0.15) is 24.4 Å². The van der Waals surface area contributed by atoms with Crippen LogP contribution in [0.5, 0.6) is 0 Å². The number of rotatable bonds is 6. The number of carbonyl (C=O) groups excluding carboxylic acids is 2. The zero-order valence-corrected chi connectivity index (χ0v) is 16.6. The number of non-ortho nitro benzene ring substituents is 1. The summed E-state index contributed by atoms with van der Waals surface area (Å²) < 4.78 is 11.3. The van der Waals surface area contributed by atoms with Crippen molar-refractivity contribution in [3.8, 4) is 0 Å². The third-order valence-electron chi connectivity index (χ3n) is 5.53. The monoisotopic (exact) mass is 444 g/mol. The summed E-state index contributed by atoms with van der Waals surface area (Å²) >= 11 is 0. The van der Waals surface area contributed by atoms with Crippen molar-refractivity contribution in [2.75, 3.05) is 6.61 Å². The Bertz CT molecular complexity index is 1010. The standard InChI is InChI=1S/C21H20N2O9/c24-9-15-17(25)18(26)16(22-19(27)13-3-1-2-4-14(13)20(22)28)21(32-15)31-10-11-5-7-12(8-6-11)23(29)30/h1-8,15-18,21,24-26H,9-10H2/t15-,16-,17-,18-,21-/m1/s1. The van der Waals surface area contributed by atoms with Crippen LogP contribution in [0.15, 0.2) is 48.5 Å². The first kappa shape index (κ1) is 22.0. The molecule has 168 valence electrons. The number of imide groups is 1. The highest BCUT2D eigenvalue weighted by Crippen LogP contribution is 2.33. The molecule has 0 aliphatic carbocycles. The van der Waals surface area contributed by atoms with Gasteiger partial charge in [-0.2, -0.15) is 0 Å². The fraction of sp³-hybridized carbons (Fsp3) is 0.333. The minimum atomic E-state index is -1.65. The molecule has 4 rings (SSSR count). The molecule has 32 heavy (non-hydrogen) atoms. The van der Waals surface area contributed by atoms with Gasteiger partial charge in [-0.15, -0.1) is 0 Å². The van der Waals surface area contributed by atoms with Gasteiger partial charge >= 0.3 is 0 Å². The van der Waals surface area contributed by atoms with Crippen LogP contribution in [-0.2, 0) is 16.1 Å². The quantitative estimate of drug-likeness (QED) is 0.322. The Hall–Kier alpha value is -3.22. The lowest BCUT2D eigenvalue weighted by atomic mass is 9.95. The Balaban J connectivity index is 1.60. The summed E-state index contributed by atoms with van der Waals surface area (Å²) in [6.45, 7) is -0.770. The molecular weight excluding hydrogens is 424 g/mol. The second-order valence-corrected chi connectivity index (χ2v) is 7.46. The topological polar surface area (TPSA) is 160 Å². The maximum Gasteiger partial charge on any atom is 0.269 e. The molecule has 0 aromatic heterocycles. The van der Waals surface area contributed by atoms with E-state index in [9.17, 15) is 35.0 Å². The van der Waals surface area contributed by atoms with Crippen molar-refractivity contribution in [1.29, 1.82) is 0 Å². The van der Waals surface area contributed by atoms with Gasteiger partial charge in [0.2, 0.25) is 0 Å². The summed E-state index contributed by atoms with van der Waals surface area (Å²) in [6.07, 6.45) is -5.81. The molecule has 2 heterocycles. The number of nitrogens with zero attached hydrogens (tertiary/aromatic N) is 2. The molecule has 0 bridgehead atoms. The fourth-order valence-corrected chi connectivity index (χ4v) is 3.85. The van der Waals surface area contributed by atoms with Gasteiger partial charge in [-0.05, 0) is 29.8 Å². The summed E-state index contributed by atoms with van der Waals surface area (Å²) in [7, 11) is 0. The molecule has 5 atom stereocenters. The lowest BCUT2D eigenvalue weighted by Crippen LogP contribution is -2.65. The Morgan fingerprint density at radius 3 is 2.12 bits per heavy atom. The van der Waals surface area contributed by atoms with E-state index in [1.54, 1.807) is 12.1 Å². The molecule has 1 fully saturated rings. The first-order valence-electron chi connectivity index (χ1n) is 9.77. The molecule has 0 spiro atoms. The van der Waals surface area contributed by atoms with E-state index in [4.69, 9.17) is 9.47 Å². The Kier molecular flexibility index (Phi) is 6.00. The van der Waals surface area contributed by atoms with Crippen LogP contribution in [0.1, 0.15) is 26.3 Å². The second-order valence-electron chi connectivity index (χ2n) is 7.46. The number of hydrogen-bond acceptors (Lipinski definition) is 9. The second kappa shape index (κ2) is 8.73. The van der Waals surface area contributed by atoms with Crippen molar-refractivity contribution >= 4 is 17.5 Å². The highest BCUT2D eigenvalue weighted by molar-refractivity contribution is 6.21. The number of amides is 2. The van der Waals surface area contributed by atoms with E-state index in [0.717, 1.165) is 4.90 Å². The van der Waals surface area contributed by atoms with Crippen LogP contribution in [0.25, 0.3) is 0 Å². The van der Waals surface area contributed by atoms with Crippen molar-refractivity contribution in [2.24, 2.45) is 0 Å². The van der Waals surface area contributed by atoms with Crippen LogP contribution in [-0.4, -0.2) is 74.2 Å². The summed E-state index contributed by atoms with van der Waals surface area (Å²) in [6, 6.07) is 10.3. The van der Waals surface area contributed by atoms with E-state index in [2.05, 4.69) is 0 Å². The number of ether oxygens (including phenoxy) is 2. The van der Waals surface area contributed by atoms with Crippen LogP contribution in [0.4, 0.5) is 5.69 Å². The van der Waals surface area contributed by atoms with Crippen LogP contribution in [0, 0.1) is 10.1 Å². The number of aliphatic hydroxyl groups excluding tert-OH is 3. The van der Waals surface area contributed by atoms with Gasteiger partial charge < -0.3 is 24.8 Å². The van der Waals surface area contributed by atoms with Gasteiger partial charge in [0.25, 0.3) is 17.5 Å². The predicted molar refractivity (Wildman–Crippen MR) is 106 cm³/mol. The van der Waals surface area contributed by atoms with E-state index in [1.807, 2.05) is 0 Å². The number of nitro benzene ring substituents is 1. The molecule has 2 aliphatic heterocycles. The average Bonchev–Trinajstić information content (AvgIpc) is 3.05. The highest BCUT2D eigenvalue weighted by Gasteiger charge is 2.53. The Morgan fingerprint density at radius 1 is 1.00 bits per heavy atom. The number of carbonyl (C=O) groups is 2. The lowest BCUT2D eigenvalue weighted by molar-refractivity contribution is -0.384. The molecule has 2 aliphatic rings. The molecule has 0 saturated carbocycles. The maximum absolute atomic E-state index is 12.9. The first-order chi connectivity index (χ1) is 15.3. The molecule has 11 heteroatoms. The van der Waals surface area contributed by atoms with E-state index < -0.39 is 54.0 Å². The zero-order chi connectivity index (χ0) is 23.0. The molecule has 11 nitrogen and oxygen atoms in total. The van der Waals surface area contributed by atoms with Crippen molar-refractivity contribution in [2.45, 2.75) is 37.3 Å². The molecule has 2 aromatic rings. The van der Waals surface area contributed by atoms with Gasteiger partial charge in [-0.1, -0.05) is 12.1 Å².